The Bertz CT molecular complexity index is 705. The lowest BCUT2D eigenvalue weighted by atomic mass is 10.0. The van der Waals surface area contributed by atoms with Gasteiger partial charge in [-0.05, 0) is 43.0 Å². The van der Waals surface area contributed by atoms with E-state index in [1.54, 1.807) is 19.1 Å². The van der Waals surface area contributed by atoms with Gasteiger partial charge in [-0.25, -0.2) is 4.79 Å². The highest BCUT2D eigenvalue weighted by Crippen LogP contribution is 2.30. The van der Waals surface area contributed by atoms with Gasteiger partial charge < -0.3 is 10.0 Å². The summed E-state index contributed by atoms with van der Waals surface area (Å²) in [6, 6.07) is 16.5. The third-order valence-electron chi connectivity index (χ3n) is 4.19. The molecular formula is C19H19NO3. The van der Waals surface area contributed by atoms with E-state index in [2.05, 4.69) is 0 Å². The minimum absolute atomic E-state index is 0.0578. The molecular weight excluding hydrogens is 290 g/mol. The second-order valence-corrected chi connectivity index (χ2v) is 5.90. The van der Waals surface area contributed by atoms with Crippen LogP contribution in [0.25, 0.3) is 11.1 Å². The number of carboxylic acids is 1. The Hall–Kier alpha value is -2.62. The maximum Gasteiger partial charge on any atom is 0.326 e. The van der Waals surface area contributed by atoms with Crippen LogP contribution in [0.15, 0.2) is 54.6 Å². The summed E-state index contributed by atoms with van der Waals surface area (Å²) >= 11 is 0. The molecule has 0 aromatic heterocycles. The predicted octanol–water partition coefficient (Wildman–Crippen LogP) is 3.43. The van der Waals surface area contributed by atoms with E-state index >= 15 is 0 Å². The van der Waals surface area contributed by atoms with Crippen LogP contribution in [0.4, 0.5) is 0 Å². The monoisotopic (exact) mass is 309 g/mol. The van der Waals surface area contributed by atoms with Gasteiger partial charge in [0.05, 0.1) is 0 Å². The predicted molar refractivity (Wildman–Crippen MR) is 88.2 cm³/mol. The molecule has 1 N–H and O–H groups in total. The average Bonchev–Trinajstić information content (AvgIpc) is 3.40. The minimum Gasteiger partial charge on any atom is -0.480 e. The number of carbonyl (C=O) groups is 2. The topological polar surface area (TPSA) is 57.6 Å². The first-order valence-electron chi connectivity index (χ1n) is 7.79. The summed E-state index contributed by atoms with van der Waals surface area (Å²) in [7, 11) is 0. The molecule has 2 aromatic carbocycles. The van der Waals surface area contributed by atoms with E-state index in [1.165, 1.54) is 4.90 Å². The van der Waals surface area contributed by atoms with E-state index in [9.17, 15) is 14.7 Å². The molecule has 4 heteroatoms. The summed E-state index contributed by atoms with van der Waals surface area (Å²) in [5.41, 5.74) is 2.65. The van der Waals surface area contributed by atoms with Crippen molar-refractivity contribution in [2.24, 2.45) is 0 Å². The van der Waals surface area contributed by atoms with Crippen LogP contribution >= 0.6 is 0 Å². The lowest BCUT2D eigenvalue weighted by Crippen LogP contribution is -2.44. The molecule has 0 spiro atoms. The number of rotatable bonds is 5. The quantitative estimate of drug-likeness (QED) is 0.920. The van der Waals surface area contributed by atoms with E-state index < -0.39 is 12.0 Å². The second kappa shape index (κ2) is 6.24. The van der Waals surface area contributed by atoms with Crippen LogP contribution in [0.1, 0.15) is 30.1 Å². The minimum atomic E-state index is -0.967. The molecule has 1 saturated carbocycles. The van der Waals surface area contributed by atoms with Crippen molar-refractivity contribution in [3.63, 3.8) is 0 Å². The largest absolute Gasteiger partial charge is 0.480 e. The van der Waals surface area contributed by atoms with Gasteiger partial charge in [-0.3, -0.25) is 4.79 Å². The van der Waals surface area contributed by atoms with Gasteiger partial charge in [0.1, 0.15) is 6.04 Å². The number of benzene rings is 2. The molecule has 1 aliphatic rings. The van der Waals surface area contributed by atoms with Crippen LogP contribution in [0.3, 0.4) is 0 Å². The lowest BCUT2D eigenvalue weighted by molar-refractivity contribution is -0.141. The van der Waals surface area contributed by atoms with Gasteiger partial charge in [-0.15, -0.1) is 0 Å². The maximum atomic E-state index is 12.7. The molecule has 1 atom stereocenters. The van der Waals surface area contributed by atoms with Gasteiger partial charge in [-0.1, -0.05) is 42.5 Å². The van der Waals surface area contributed by atoms with Crippen LogP contribution in [-0.4, -0.2) is 34.0 Å². The molecule has 0 radical (unpaired) electrons. The van der Waals surface area contributed by atoms with Crippen molar-refractivity contribution in [1.29, 1.82) is 0 Å². The van der Waals surface area contributed by atoms with Crippen LogP contribution in [0, 0.1) is 0 Å². The number of carbonyl (C=O) groups excluding carboxylic acids is 1. The third-order valence-corrected chi connectivity index (χ3v) is 4.19. The lowest BCUT2D eigenvalue weighted by Gasteiger charge is -2.26. The zero-order chi connectivity index (χ0) is 16.4. The van der Waals surface area contributed by atoms with Crippen molar-refractivity contribution in [2.45, 2.75) is 31.8 Å². The van der Waals surface area contributed by atoms with Crippen molar-refractivity contribution in [2.75, 3.05) is 0 Å². The highest BCUT2D eigenvalue weighted by molar-refractivity contribution is 5.97. The Balaban J connectivity index is 1.83. The fraction of sp³-hybridized carbons (Fsp3) is 0.263. The van der Waals surface area contributed by atoms with Crippen LogP contribution in [0.2, 0.25) is 0 Å². The highest BCUT2D eigenvalue weighted by Gasteiger charge is 2.38. The van der Waals surface area contributed by atoms with Gasteiger partial charge in [-0.2, -0.15) is 0 Å². The molecule has 4 nitrogen and oxygen atoms in total. The molecule has 118 valence electrons. The summed E-state index contributed by atoms with van der Waals surface area (Å²) in [5.74, 6) is -1.17. The van der Waals surface area contributed by atoms with Gasteiger partial charge in [0.2, 0.25) is 0 Å². The van der Waals surface area contributed by atoms with E-state index in [1.807, 2.05) is 42.5 Å². The van der Waals surface area contributed by atoms with E-state index in [4.69, 9.17) is 0 Å². The molecule has 23 heavy (non-hydrogen) atoms. The standard InChI is InChI=1S/C19H19NO3/c1-13(19(22)23)20(17-11-12-17)18(21)16-9-7-15(8-10-16)14-5-3-2-4-6-14/h2-10,13,17H,11-12H2,1H3,(H,22,23). The van der Waals surface area contributed by atoms with E-state index in [0.717, 1.165) is 24.0 Å². The Morgan fingerprint density at radius 3 is 2.09 bits per heavy atom. The van der Waals surface area contributed by atoms with Gasteiger partial charge >= 0.3 is 5.97 Å². The van der Waals surface area contributed by atoms with Crippen molar-refractivity contribution in [1.82, 2.24) is 4.90 Å². The fourth-order valence-corrected chi connectivity index (χ4v) is 2.71. The molecule has 1 fully saturated rings. The third kappa shape index (κ3) is 3.26. The second-order valence-electron chi connectivity index (χ2n) is 5.90. The van der Waals surface area contributed by atoms with Gasteiger partial charge in [0.15, 0.2) is 0 Å². The summed E-state index contributed by atoms with van der Waals surface area (Å²) < 4.78 is 0. The first kappa shape index (κ1) is 15.3. The van der Waals surface area contributed by atoms with Crippen LogP contribution < -0.4 is 0 Å². The summed E-state index contributed by atoms with van der Waals surface area (Å²) in [4.78, 5) is 25.4. The smallest absolute Gasteiger partial charge is 0.326 e. The summed E-state index contributed by atoms with van der Waals surface area (Å²) in [5, 5.41) is 9.22. The number of amides is 1. The van der Waals surface area contributed by atoms with Gasteiger partial charge in [0, 0.05) is 11.6 Å². The SMILES string of the molecule is CC(C(=O)O)N(C(=O)c1ccc(-c2ccccc2)cc1)C1CC1. The summed E-state index contributed by atoms with van der Waals surface area (Å²) in [6.07, 6.45) is 1.76. The van der Waals surface area contributed by atoms with E-state index in [-0.39, 0.29) is 11.9 Å². The van der Waals surface area contributed by atoms with E-state index in [0.29, 0.717) is 5.56 Å². The highest BCUT2D eigenvalue weighted by atomic mass is 16.4. The number of hydrogen-bond donors (Lipinski definition) is 1. The van der Waals surface area contributed by atoms with Crippen molar-refractivity contribution in [3.05, 3.63) is 60.2 Å². The van der Waals surface area contributed by atoms with Crippen molar-refractivity contribution < 1.29 is 14.7 Å². The van der Waals surface area contributed by atoms with Crippen molar-refractivity contribution in [3.8, 4) is 11.1 Å². The van der Waals surface area contributed by atoms with Gasteiger partial charge in [0.25, 0.3) is 5.91 Å². The molecule has 3 rings (SSSR count). The van der Waals surface area contributed by atoms with Crippen LogP contribution in [-0.2, 0) is 4.79 Å². The number of nitrogens with zero attached hydrogens (tertiary/aromatic N) is 1. The fourth-order valence-electron chi connectivity index (χ4n) is 2.71. The van der Waals surface area contributed by atoms with Crippen molar-refractivity contribution >= 4 is 11.9 Å². The molecule has 2 aromatic rings. The average molecular weight is 309 g/mol. The molecule has 1 unspecified atom stereocenters. The Morgan fingerprint density at radius 1 is 1.00 bits per heavy atom. The molecule has 1 amide bonds. The first-order valence-corrected chi connectivity index (χ1v) is 7.79. The molecule has 0 bridgehead atoms. The number of hydrogen-bond acceptors (Lipinski definition) is 2. The molecule has 0 aliphatic heterocycles. The first-order chi connectivity index (χ1) is 11.1. The van der Waals surface area contributed by atoms with Crippen LogP contribution in [0.5, 0.6) is 0 Å². The number of aliphatic carboxylic acids is 1. The Kier molecular flexibility index (Phi) is 4.15. The molecule has 0 saturated heterocycles. The maximum absolute atomic E-state index is 12.7. The normalized spacial score (nSPS) is 15.0. The molecule has 1 aliphatic carbocycles. The summed E-state index contributed by atoms with van der Waals surface area (Å²) in [6.45, 7) is 1.57. The Labute approximate surface area is 135 Å². The zero-order valence-electron chi connectivity index (χ0n) is 13.0. The Morgan fingerprint density at radius 2 is 1.57 bits per heavy atom. The molecule has 0 heterocycles. The number of carboxylic acid groups (broad SMARTS) is 1. The zero-order valence-corrected chi connectivity index (χ0v) is 13.0.